The van der Waals surface area contributed by atoms with Crippen molar-refractivity contribution in [3.8, 4) is 0 Å². The van der Waals surface area contributed by atoms with Crippen molar-refractivity contribution in [1.29, 1.82) is 0 Å². The van der Waals surface area contributed by atoms with Crippen LogP contribution in [0.3, 0.4) is 0 Å². The zero-order valence-corrected chi connectivity index (χ0v) is 9.89. The molecule has 0 N–H and O–H groups in total. The van der Waals surface area contributed by atoms with Gasteiger partial charge in [0, 0.05) is 20.1 Å². The van der Waals surface area contributed by atoms with E-state index in [1.54, 1.807) is 0 Å². The zero-order chi connectivity index (χ0) is 12.3. The fraction of sp³-hybridized carbons (Fsp3) is 0.700. The molecule has 16 heavy (non-hydrogen) atoms. The summed E-state index contributed by atoms with van der Waals surface area (Å²) in [5.41, 5.74) is -1.58. The topological polar surface area (TPSA) is 66.0 Å². The summed E-state index contributed by atoms with van der Waals surface area (Å²) in [5, 5.41) is 0. The van der Waals surface area contributed by atoms with Crippen LogP contribution in [0.15, 0.2) is 14.4 Å². The minimum Gasteiger partial charge on any atom is -0.248 e. The summed E-state index contributed by atoms with van der Waals surface area (Å²) in [6.45, 7) is 4.44. The average Bonchev–Trinajstić information content (AvgIpc) is 2.28. The molecule has 90 valence electrons. The Morgan fingerprint density at radius 1 is 0.812 bits per heavy atom. The summed E-state index contributed by atoms with van der Waals surface area (Å²) >= 11 is 0. The largest absolute Gasteiger partial charge is 0.336 e. The lowest BCUT2D eigenvalue weighted by molar-refractivity contribution is 0.464. The number of hydrogen-bond donors (Lipinski definition) is 0. The van der Waals surface area contributed by atoms with E-state index in [1.165, 1.54) is 7.05 Å². The van der Waals surface area contributed by atoms with Gasteiger partial charge in [-0.25, -0.2) is 28.1 Å². The Morgan fingerprint density at radius 2 is 1.19 bits per heavy atom. The third kappa shape index (κ3) is 2.00. The SMILES string of the molecule is CCCn1c(=O)n(C)c(=O)n(CCC)c1=O. The van der Waals surface area contributed by atoms with Crippen molar-refractivity contribution in [2.45, 2.75) is 39.8 Å². The van der Waals surface area contributed by atoms with E-state index in [-0.39, 0.29) is 0 Å². The standard InChI is InChI=1S/C10H17N3O3/c1-4-6-12-8(14)11(3)9(15)13(7-5-2)10(12)16/h4-7H2,1-3H3. The summed E-state index contributed by atoms with van der Waals surface area (Å²) in [6, 6.07) is 0. The molecule has 0 saturated carbocycles. The van der Waals surface area contributed by atoms with Gasteiger partial charge in [0.05, 0.1) is 0 Å². The molecule has 0 saturated heterocycles. The number of hydrogen-bond acceptors (Lipinski definition) is 3. The van der Waals surface area contributed by atoms with E-state index < -0.39 is 17.1 Å². The van der Waals surface area contributed by atoms with Crippen LogP contribution in [0.2, 0.25) is 0 Å². The second-order valence-electron chi connectivity index (χ2n) is 3.71. The normalized spacial score (nSPS) is 10.7. The minimum absolute atomic E-state index is 0.343. The summed E-state index contributed by atoms with van der Waals surface area (Å²) in [4.78, 5) is 35.2. The minimum atomic E-state index is -0.538. The molecule has 6 heteroatoms. The third-order valence-corrected chi connectivity index (χ3v) is 2.39. The van der Waals surface area contributed by atoms with Crippen molar-refractivity contribution in [3.63, 3.8) is 0 Å². The molecule has 1 rings (SSSR count). The molecule has 1 aromatic rings. The molecule has 0 bridgehead atoms. The van der Waals surface area contributed by atoms with Crippen LogP contribution in [-0.2, 0) is 20.1 Å². The molecule has 0 amide bonds. The summed E-state index contributed by atoms with van der Waals surface area (Å²) < 4.78 is 3.20. The first-order valence-corrected chi connectivity index (χ1v) is 5.45. The second-order valence-corrected chi connectivity index (χ2v) is 3.71. The predicted octanol–water partition coefficient (Wildman–Crippen LogP) is -0.471. The first kappa shape index (κ1) is 12.5. The van der Waals surface area contributed by atoms with Crippen molar-refractivity contribution < 1.29 is 0 Å². The van der Waals surface area contributed by atoms with Crippen LogP contribution in [0.1, 0.15) is 26.7 Å². The van der Waals surface area contributed by atoms with Gasteiger partial charge in [0.1, 0.15) is 0 Å². The Morgan fingerprint density at radius 3 is 1.50 bits per heavy atom. The Kier molecular flexibility index (Phi) is 3.87. The molecular weight excluding hydrogens is 210 g/mol. The van der Waals surface area contributed by atoms with Crippen LogP contribution < -0.4 is 17.1 Å². The van der Waals surface area contributed by atoms with Gasteiger partial charge >= 0.3 is 17.1 Å². The summed E-state index contributed by atoms with van der Waals surface area (Å²) in [6.07, 6.45) is 1.36. The summed E-state index contributed by atoms with van der Waals surface area (Å²) in [5.74, 6) is 0. The van der Waals surface area contributed by atoms with E-state index >= 15 is 0 Å². The van der Waals surface area contributed by atoms with Gasteiger partial charge in [0.2, 0.25) is 0 Å². The summed E-state index contributed by atoms with van der Waals surface area (Å²) in [7, 11) is 1.39. The lowest BCUT2D eigenvalue weighted by Gasteiger charge is -2.09. The highest BCUT2D eigenvalue weighted by atomic mass is 16.2. The predicted molar refractivity (Wildman–Crippen MR) is 60.8 cm³/mol. The first-order chi connectivity index (χ1) is 7.54. The van der Waals surface area contributed by atoms with E-state index in [2.05, 4.69) is 0 Å². The van der Waals surface area contributed by atoms with Gasteiger partial charge in [0.25, 0.3) is 0 Å². The highest BCUT2D eigenvalue weighted by Gasteiger charge is 2.11. The van der Waals surface area contributed by atoms with Gasteiger partial charge in [-0.1, -0.05) is 13.8 Å². The van der Waals surface area contributed by atoms with E-state index in [4.69, 9.17) is 0 Å². The van der Waals surface area contributed by atoms with Crippen LogP contribution in [0.4, 0.5) is 0 Å². The van der Waals surface area contributed by atoms with Crippen molar-refractivity contribution in [2.75, 3.05) is 0 Å². The van der Waals surface area contributed by atoms with Crippen LogP contribution >= 0.6 is 0 Å². The number of nitrogens with zero attached hydrogens (tertiary/aromatic N) is 3. The van der Waals surface area contributed by atoms with Crippen molar-refractivity contribution in [2.24, 2.45) is 7.05 Å². The van der Waals surface area contributed by atoms with E-state index in [1.807, 2.05) is 13.8 Å². The van der Waals surface area contributed by atoms with E-state index in [0.29, 0.717) is 25.9 Å². The fourth-order valence-corrected chi connectivity index (χ4v) is 1.58. The average molecular weight is 227 g/mol. The first-order valence-electron chi connectivity index (χ1n) is 5.45. The molecule has 0 aliphatic heterocycles. The molecule has 1 heterocycles. The quantitative estimate of drug-likeness (QED) is 0.698. The van der Waals surface area contributed by atoms with Gasteiger partial charge in [0.15, 0.2) is 0 Å². The molecule has 0 spiro atoms. The van der Waals surface area contributed by atoms with E-state index in [0.717, 1.165) is 13.7 Å². The molecule has 1 aromatic heterocycles. The Bertz CT molecular complexity index is 491. The van der Waals surface area contributed by atoms with Crippen molar-refractivity contribution in [1.82, 2.24) is 13.7 Å². The maximum Gasteiger partial charge on any atom is 0.336 e. The lowest BCUT2D eigenvalue weighted by atomic mass is 10.4. The van der Waals surface area contributed by atoms with E-state index in [9.17, 15) is 14.4 Å². The molecule has 0 atom stereocenters. The molecule has 0 radical (unpaired) electrons. The fourth-order valence-electron chi connectivity index (χ4n) is 1.58. The Balaban J connectivity index is 3.59. The molecule has 0 aliphatic rings. The van der Waals surface area contributed by atoms with Gasteiger partial charge in [-0.05, 0) is 12.8 Å². The maximum atomic E-state index is 11.9. The van der Waals surface area contributed by atoms with Crippen LogP contribution in [0, 0.1) is 0 Å². The molecular formula is C10H17N3O3. The number of aromatic nitrogens is 3. The van der Waals surface area contributed by atoms with Gasteiger partial charge in [-0.15, -0.1) is 0 Å². The van der Waals surface area contributed by atoms with Gasteiger partial charge < -0.3 is 0 Å². The molecule has 0 aromatic carbocycles. The highest BCUT2D eigenvalue weighted by Crippen LogP contribution is 1.81. The van der Waals surface area contributed by atoms with Crippen molar-refractivity contribution in [3.05, 3.63) is 31.5 Å². The van der Waals surface area contributed by atoms with Gasteiger partial charge in [-0.2, -0.15) is 0 Å². The molecule has 0 unspecified atom stereocenters. The van der Waals surface area contributed by atoms with Gasteiger partial charge in [-0.3, -0.25) is 0 Å². The van der Waals surface area contributed by atoms with Crippen LogP contribution in [0.5, 0.6) is 0 Å². The Labute approximate surface area is 92.8 Å². The van der Waals surface area contributed by atoms with Crippen LogP contribution in [-0.4, -0.2) is 13.7 Å². The zero-order valence-electron chi connectivity index (χ0n) is 9.89. The smallest absolute Gasteiger partial charge is 0.248 e. The van der Waals surface area contributed by atoms with Crippen molar-refractivity contribution >= 4 is 0 Å². The molecule has 0 aliphatic carbocycles. The lowest BCUT2D eigenvalue weighted by Crippen LogP contribution is -2.53. The Hall–Kier alpha value is -1.59. The molecule has 6 nitrogen and oxygen atoms in total. The highest BCUT2D eigenvalue weighted by molar-refractivity contribution is 4.77. The van der Waals surface area contributed by atoms with Crippen LogP contribution in [0.25, 0.3) is 0 Å². The third-order valence-electron chi connectivity index (χ3n) is 2.39. The number of rotatable bonds is 4. The maximum absolute atomic E-state index is 11.9. The second kappa shape index (κ2) is 4.96. The molecule has 0 fully saturated rings. The monoisotopic (exact) mass is 227 g/mol.